The van der Waals surface area contributed by atoms with Crippen molar-refractivity contribution in [2.24, 2.45) is 10.3 Å². The molecule has 1 aromatic heterocycles. The fourth-order valence-corrected chi connectivity index (χ4v) is 2.27. The lowest BCUT2D eigenvalue weighted by molar-refractivity contribution is -0.125. The summed E-state index contributed by atoms with van der Waals surface area (Å²) in [6.45, 7) is 1.63. The van der Waals surface area contributed by atoms with E-state index in [1.54, 1.807) is 35.6 Å². The number of benzene rings is 1. The number of carbonyl (C=O) groups is 1. The van der Waals surface area contributed by atoms with Crippen LogP contribution in [0.5, 0.6) is 0 Å². The molecule has 0 radical (unpaired) electrons. The van der Waals surface area contributed by atoms with Gasteiger partial charge in [0.1, 0.15) is 0 Å². The van der Waals surface area contributed by atoms with Crippen molar-refractivity contribution >= 4 is 40.8 Å². The Hall–Kier alpha value is -2.18. The monoisotopic (exact) mass is 335 g/mol. The summed E-state index contributed by atoms with van der Waals surface area (Å²) < 4.78 is 0. The first-order chi connectivity index (χ1) is 10.6. The first-order valence-electron chi connectivity index (χ1n) is 6.43. The van der Waals surface area contributed by atoms with Crippen LogP contribution in [0.1, 0.15) is 17.4 Å². The van der Waals surface area contributed by atoms with E-state index in [1.165, 1.54) is 6.21 Å². The third-order valence-corrected chi connectivity index (χ3v) is 3.78. The lowest BCUT2D eigenvalue weighted by atomic mass is 10.2. The predicted octanol–water partition coefficient (Wildman–Crippen LogP) is 3.29. The molecule has 7 heteroatoms. The third-order valence-electron chi connectivity index (χ3n) is 2.55. The summed E-state index contributed by atoms with van der Waals surface area (Å²) in [6, 6.07) is 10.9. The maximum atomic E-state index is 11.5. The van der Waals surface area contributed by atoms with E-state index in [-0.39, 0.29) is 12.5 Å². The number of thiophene rings is 1. The second-order valence-electron chi connectivity index (χ2n) is 4.27. The molecule has 0 fully saturated rings. The van der Waals surface area contributed by atoms with Crippen LogP contribution < -0.4 is 5.43 Å². The molecule has 0 aliphatic heterocycles. The average Bonchev–Trinajstić information content (AvgIpc) is 3.03. The van der Waals surface area contributed by atoms with Crippen LogP contribution >= 0.6 is 22.9 Å². The van der Waals surface area contributed by atoms with Crippen LogP contribution in [0.25, 0.3) is 0 Å². The van der Waals surface area contributed by atoms with Gasteiger partial charge < -0.3 is 4.84 Å². The summed E-state index contributed by atoms with van der Waals surface area (Å²) in [7, 11) is 0. The molecule has 0 aliphatic rings. The summed E-state index contributed by atoms with van der Waals surface area (Å²) in [5, 5.41) is 10.3. The molecule has 1 amide bonds. The van der Waals surface area contributed by atoms with Gasteiger partial charge in [-0.05, 0) is 36.1 Å². The molecular weight excluding hydrogens is 322 g/mol. The van der Waals surface area contributed by atoms with Crippen molar-refractivity contribution in [3.63, 3.8) is 0 Å². The molecule has 114 valence electrons. The second-order valence-corrected chi connectivity index (χ2v) is 5.66. The van der Waals surface area contributed by atoms with E-state index in [1.807, 2.05) is 24.4 Å². The van der Waals surface area contributed by atoms with Gasteiger partial charge in [0, 0.05) is 5.02 Å². The van der Waals surface area contributed by atoms with E-state index in [0.717, 1.165) is 16.2 Å². The predicted molar refractivity (Wildman–Crippen MR) is 89.7 cm³/mol. The standard InChI is InChI=1S/C15H14ClN3O2S/c1-11(14-3-2-8-22-14)19-21-10-15(20)18-17-9-12-4-6-13(16)7-5-12/h2-9H,10H2,1H3,(H,18,20)/b17-9+,19-11+. The van der Waals surface area contributed by atoms with Gasteiger partial charge in [0.05, 0.1) is 16.8 Å². The molecule has 0 atom stereocenters. The van der Waals surface area contributed by atoms with Crippen LogP contribution in [0.4, 0.5) is 0 Å². The van der Waals surface area contributed by atoms with Crippen LogP contribution in [-0.4, -0.2) is 24.4 Å². The van der Waals surface area contributed by atoms with Gasteiger partial charge in [-0.1, -0.05) is 35.0 Å². The Morgan fingerprint density at radius 1 is 1.36 bits per heavy atom. The van der Waals surface area contributed by atoms with Crippen molar-refractivity contribution < 1.29 is 9.63 Å². The van der Waals surface area contributed by atoms with Crippen molar-refractivity contribution in [1.82, 2.24) is 5.43 Å². The second kappa shape index (κ2) is 8.31. The minimum absolute atomic E-state index is 0.194. The Kier molecular flexibility index (Phi) is 6.12. The highest BCUT2D eigenvalue weighted by atomic mass is 35.5. The van der Waals surface area contributed by atoms with E-state index in [2.05, 4.69) is 15.7 Å². The highest BCUT2D eigenvalue weighted by Gasteiger charge is 2.01. The fourth-order valence-electron chi connectivity index (χ4n) is 1.48. The highest BCUT2D eigenvalue weighted by Crippen LogP contribution is 2.10. The molecule has 22 heavy (non-hydrogen) atoms. The molecule has 0 aliphatic carbocycles. The number of hydrogen-bond acceptors (Lipinski definition) is 5. The third kappa shape index (κ3) is 5.31. The van der Waals surface area contributed by atoms with Gasteiger partial charge in [-0.3, -0.25) is 4.79 Å². The molecule has 0 saturated heterocycles. The summed E-state index contributed by atoms with van der Waals surface area (Å²) in [6.07, 6.45) is 1.52. The first-order valence-corrected chi connectivity index (χ1v) is 7.69. The summed E-state index contributed by atoms with van der Waals surface area (Å²) in [5.41, 5.74) is 3.92. The van der Waals surface area contributed by atoms with Gasteiger partial charge in [0.15, 0.2) is 6.61 Å². The Balaban J connectivity index is 1.74. The average molecular weight is 336 g/mol. The number of amides is 1. The molecule has 0 bridgehead atoms. The molecule has 0 spiro atoms. The van der Waals surface area contributed by atoms with Gasteiger partial charge in [-0.2, -0.15) is 5.10 Å². The zero-order chi connectivity index (χ0) is 15.8. The Morgan fingerprint density at radius 2 is 2.14 bits per heavy atom. The molecule has 0 unspecified atom stereocenters. The van der Waals surface area contributed by atoms with Crippen molar-refractivity contribution in [3.05, 3.63) is 57.2 Å². The smallest absolute Gasteiger partial charge is 0.280 e. The van der Waals surface area contributed by atoms with Crippen molar-refractivity contribution in [1.29, 1.82) is 0 Å². The number of nitrogens with zero attached hydrogens (tertiary/aromatic N) is 2. The number of rotatable bonds is 6. The maximum absolute atomic E-state index is 11.5. The minimum Gasteiger partial charge on any atom is -0.385 e. The van der Waals surface area contributed by atoms with Crippen LogP contribution in [0.15, 0.2) is 52.0 Å². The van der Waals surface area contributed by atoms with Gasteiger partial charge in [0.25, 0.3) is 5.91 Å². The zero-order valence-corrected chi connectivity index (χ0v) is 13.4. The van der Waals surface area contributed by atoms with Crippen molar-refractivity contribution in [2.75, 3.05) is 6.61 Å². The summed E-state index contributed by atoms with van der Waals surface area (Å²) >= 11 is 7.33. The highest BCUT2D eigenvalue weighted by molar-refractivity contribution is 7.12. The number of oxime groups is 1. The maximum Gasteiger partial charge on any atom is 0.280 e. The number of hydrogen-bond donors (Lipinski definition) is 1. The van der Waals surface area contributed by atoms with E-state index in [0.29, 0.717) is 5.02 Å². The molecule has 5 nitrogen and oxygen atoms in total. The SMILES string of the molecule is C/C(=N\OCC(=O)N/N=C/c1ccc(Cl)cc1)c1cccs1. The molecule has 1 heterocycles. The van der Waals surface area contributed by atoms with Crippen molar-refractivity contribution in [3.8, 4) is 0 Å². The summed E-state index contributed by atoms with van der Waals surface area (Å²) in [4.78, 5) is 17.5. The fraction of sp³-hybridized carbons (Fsp3) is 0.133. The number of halogens is 1. The van der Waals surface area contributed by atoms with Gasteiger partial charge >= 0.3 is 0 Å². The Bertz CT molecular complexity index is 667. The number of nitrogens with one attached hydrogen (secondary N) is 1. The van der Waals surface area contributed by atoms with Gasteiger partial charge in [-0.15, -0.1) is 11.3 Å². The van der Waals surface area contributed by atoms with E-state index < -0.39 is 0 Å². The topological polar surface area (TPSA) is 63.0 Å². The molecule has 0 saturated carbocycles. The quantitative estimate of drug-likeness (QED) is 0.650. The normalized spacial score (nSPS) is 11.6. The van der Waals surface area contributed by atoms with Crippen LogP contribution in [-0.2, 0) is 9.63 Å². The van der Waals surface area contributed by atoms with Crippen LogP contribution in [0, 0.1) is 0 Å². The number of hydrazone groups is 1. The Labute approximate surface area is 137 Å². The first kappa shape index (κ1) is 16.2. The van der Waals surface area contributed by atoms with Crippen molar-refractivity contribution in [2.45, 2.75) is 6.92 Å². The molecular formula is C15H14ClN3O2S. The molecule has 1 aromatic carbocycles. The lowest BCUT2D eigenvalue weighted by Gasteiger charge is -2.00. The Morgan fingerprint density at radius 3 is 2.82 bits per heavy atom. The van der Waals surface area contributed by atoms with Gasteiger partial charge in [-0.25, -0.2) is 5.43 Å². The molecule has 1 N–H and O–H groups in total. The lowest BCUT2D eigenvalue weighted by Crippen LogP contribution is -2.22. The molecule has 2 aromatic rings. The van der Waals surface area contributed by atoms with Gasteiger partial charge in [0.2, 0.25) is 0 Å². The largest absolute Gasteiger partial charge is 0.385 e. The van der Waals surface area contributed by atoms with E-state index in [9.17, 15) is 4.79 Å². The van der Waals surface area contributed by atoms with Crippen LogP contribution in [0.3, 0.4) is 0 Å². The van der Waals surface area contributed by atoms with E-state index in [4.69, 9.17) is 16.4 Å². The molecule has 2 rings (SSSR count). The van der Waals surface area contributed by atoms with E-state index >= 15 is 0 Å². The van der Waals surface area contributed by atoms with Crippen LogP contribution in [0.2, 0.25) is 5.02 Å². The summed E-state index contributed by atoms with van der Waals surface area (Å²) in [5.74, 6) is -0.382. The zero-order valence-electron chi connectivity index (χ0n) is 11.8. The minimum atomic E-state index is -0.382. The number of carbonyl (C=O) groups excluding carboxylic acids is 1.